The Morgan fingerprint density at radius 1 is 1.46 bits per heavy atom. The predicted octanol–water partition coefficient (Wildman–Crippen LogP) is 4.08. The van der Waals surface area contributed by atoms with Gasteiger partial charge < -0.3 is 0 Å². The van der Waals surface area contributed by atoms with Crippen LogP contribution < -0.4 is 0 Å². The third-order valence-electron chi connectivity index (χ3n) is 3.03. The zero-order chi connectivity index (χ0) is 9.90. The van der Waals surface area contributed by atoms with E-state index in [1.807, 2.05) is 0 Å². The summed E-state index contributed by atoms with van der Waals surface area (Å²) in [6.07, 6.45) is 10.0. The molecule has 0 heterocycles. The van der Waals surface area contributed by atoms with Gasteiger partial charge in [0.15, 0.2) is 0 Å². The van der Waals surface area contributed by atoms with Gasteiger partial charge in [-0.2, -0.15) is 12.6 Å². The highest BCUT2D eigenvalue weighted by Crippen LogP contribution is 2.36. The second kappa shape index (κ2) is 4.54. The fourth-order valence-electron chi connectivity index (χ4n) is 2.14. The minimum atomic E-state index is 0.156. The van der Waals surface area contributed by atoms with Crippen LogP contribution in [0.15, 0.2) is 12.2 Å². The minimum absolute atomic E-state index is 0.156. The topological polar surface area (TPSA) is 0 Å². The summed E-state index contributed by atoms with van der Waals surface area (Å²) in [5.41, 5.74) is 0. The average molecular weight is 198 g/mol. The van der Waals surface area contributed by atoms with E-state index in [0.29, 0.717) is 5.92 Å². The molecule has 0 saturated heterocycles. The van der Waals surface area contributed by atoms with E-state index >= 15 is 0 Å². The number of rotatable bonds is 3. The van der Waals surface area contributed by atoms with Crippen molar-refractivity contribution in [3.8, 4) is 0 Å². The number of hydrogen-bond acceptors (Lipinski definition) is 1. The van der Waals surface area contributed by atoms with Crippen LogP contribution in [-0.2, 0) is 0 Å². The maximum absolute atomic E-state index is 4.66. The fraction of sp³-hybridized carbons (Fsp3) is 0.833. The van der Waals surface area contributed by atoms with E-state index in [1.54, 1.807) is 0 Å². The van der Waals surface area contributed by atoms with Crippen molar-refractivity contribution < 1.29 is 0 Å². The van der Waals surface area contributed by atoms with Crippen molar-refractivity contribution >= 4 is 12.6 Å². The van der Waals surface area contributed by atoms with Crippen LogP contribution in [0.2, 0.25) is 0 Å². The predicted molar refractivity (Wildman–Crippen MR) is 63.3 cm³/mol. The Kier molecular flexibility index (Phi) is 3.90. The van der Waals surface area contributed by atoms with Gasteiger partial charge in [0.25, 0.3) is 0 Å². The van der Waals surface area contributed by atoms with E-state index in [9.17, 15) is 0 Å². The van der Waals surface area contributed by atoms with Crippen LogP contribution in [0.3, 0.4) is 0 Å². The van der Waals surface area contributed by atoms with Crippen molar-refractivity contribution in [2.75, 3.05) is 0 Å². The van der Waals surface area contributed by atoms with Crippen LogP contribution in [-0.4, -0.2) is 4.75 Å². The largest absolute Gasteiger partial charge is 0.172 e. The van der Waals surface area contributed by atoms with Gasteiger partial charge in [0.1, 0.15) is 0 Å². The molecular formula is C12H22S. The summed E-state index contributed by atoms with van der Waals surface area (Å²) in [5, 5.41) is 0. The summed E-state index contributed by atoms with van der Waals surface area (Å²) in [7, 11) is 0. The molecule has 1 heteroatoms. The zero-order valence-corrected chi connectivity index (χ0v) is 9.98. The van der Waals surface area contributed by atoms with Gasteiger partial charge in [0.05, 0.1) is 0 Å². The highest BCUT2D eigenvalue weighted by atomic mass is 32.1. The lowest BCUT2D eigenvalue weighted by atomic mass is 9.78. The smallest absolute Gasteiger partial charge is 0.0136 e. The third kappa shape index (κ3) is 3.38. The van der Waals surface area contributed by atoms with Crippen molar-refractivity contribution in [3.63, 3.8) is 0 Å². The van der Waals surface area contributed by atoms with Gasteiger partial charge in [0.2, 0.25) is 0 Å². The maximum Gasteiger partial charge on any atom is 0.0136 e. The van der Waals surface area contributed by atoms with Gasteiger partial charge in [-0.05, 0) is 24.7 Å². The molecule has 0 radical (unpaired) electrons. The van der Waals surface area contributed by atoms with Crippen molar-refractivity contribution in [1.29, 1.82) is 0 Å². The molecule has 1 aliphatic rings. The van der Waals surface area contributed by atoms with Gasteiger partial charge in [-0.1, -0.05) is 45.8 Å². The first-order chi connectivity index (χ1) is 6.04. The second-order valence-corrected chi connectivity index (χ2v) is 5.97. The number of allylic oxidation sites excluding steroid dienone is 2. The molecule has 1 rings (SSSR count). The Balaban J connectivity index is 2.51. The SMILES string of the molecule is CCCC1CC=CC(C(C)(C)S)C1. The molecule has 0 bridgehead atoms. The summed E-state index contributed by atoms with van der Waals surface area (Å²) in [6.45, 7) is 6.72. The van der Waals surface area contributed by atoms with E-state index in [4.69, 9.17) is 0 Å². The third-order valence-corrected chi connectivity index (χ3v) is 3.36. The van der Waals surface area contributed by atoms with E-state index in [1.165, 1.54) is 25.7 Å². The molecule has 0 aliphatic heterocycles. The number of thiol groups is 1. The molecule has 1 aliphatic carbocycles. The molecular weight excluding hydrogens is 176 g/mol. The zero-order valence-electron chi connectivity index (χ0n) is 9.09. The Labute approximate surface area is 88.2 Å². The van der Waals surface area contributed by atoms with Crippen LogP contribution in [0.25, 0.3) is 0 Å². The first-order valence-corrected chi connectivity index (χ1v) is 5.87. The van der Waals surface area contributed by atoms with Crippen LogP contribution in [0, 0.1) is 11.8 Å². The van der Waals surface area contributed by atoms with Gasteiger partial charge in [-0.25, -0.2) is 0 Å². The Bertz CT molecular complexity index is 176. The van der Waals surface area contributed by atoms with Crippen LogP contribution in [0.5, 0.6) is 0 Å². The average Bonchev–Trinajstić information content (AvgIpc) is 2.04. The summed E-state index contributed by atoms with van der Waals surface area (Å²) < 4.78 is 0.156. The molecule has 0 aromatic carbocycles. The lowest BCUT2D eigenvalue weighted by Gasteiger charge is -2.33. The van der Waals surface area contributed by atoms with Crippen LogP contribution >= 0.6 is 12.6 Å². The number of hydrogen-bond donors (Lipinski definition) is 1. The first kappa shape index (κ1) is 11.2. The molecule has 0 fully saturated rings. The van der Waals surface area contributed by atoms with E-state index in [2.05, 4.69) is 45.6 Å². The van der Waals surface area contributed by atoms with Crippen molar-refractivity contribution in [2.24, 2.45) is 11.8 Å². The lowest BCUT2D eigenvalue weighted by molar-refractivity contribution is 0.338. The monoisotopic (exact) mass is 198 g/mol. The molecule has 2 unspecified atom stereocenters. The Hall–Kier alpha value is 0.0900. The summed E-state index contributed by atoms with van der Waals surface area (Å²) in [6, 6.07) is 0. The van der Waals surface area contributed by atoms with Crippen molar-refractivity contribution in [1.82, 2.24) is 0 Å². The molecule has 0 amide bonds. The summed E-state index contributed by atoms with van der Waals surface area (Å²) in [4.78, 5) is 0. The van der Waals surface area contributed by atoms with Gasteiger partial charge in [-0.15, -0.1) is 0 Å². The Morgan fingerprint density at radius 2 is 2.15 bits per heavy atom. The molecule has 0 nitrogen and oxygen atoms in total. The van der Waals surface area contributed by atoms with Crippen molar-refractivity contribution in [3.05, 3.63) is 12.2 Å². The normalized spacial score (nSPS) is 29.2. The van der Waals surface area contributed by atoms with E-state index < -0.39 is 0 Å². The standard InChI is InChI=1S/C12H22S/c1-4-6-10-7-5-8-11(9-10)12(2,3)13/h5,8,10-11,13H,4,6-7,9H2,1-3H3. The fourth-order valence-corrected chi connectivity index (χ4v) is 2.33. The van der Waals surface area contributed by atoms with Gasteiger partial charge >= 0.3 is 0 Å². The van der Waals surface area contributed by atoms with E-state index in [0.717, 1.165) is 5.92 Å². The lowest BCUT2D eigenvalue weighted by Crippen LogP contribution is -2.27. The Morgan fingerprint density at radius 3 is 2.69 bits per heavy atom. The van der Waals surface area contributed by atoms with Crippen molar-refractivity contribution in [2.45, 2.75) is 51.2 Å². The first-order valence-electron chi connectivity index (χ1n) is 5.43. The minimum Gasteiger partial charge on any atom is -0.172 e. The highest BCUT2D eigenvalue weighted by molar-refractivity contribution is 7.81. The van der Waals surface area contributed by atoms with Gasteiger partial charge in [-0.3, -0.25) is 0 Å². The second-order valence-electron chi connectivity index (χ2n) is 4.81. The van der Waals surface area contributed by atoms with E-state index in [-0.39, 0.29) is 4.75 Å². The molecule has 76 valence electrons. The van der Waals surface area contributed by atoms with Gasteiger partial charge in [0, 0.05) is 4.75 Å². The molecule has 0 N–H and O–H groups in total. The molecule has 2 atom stereocenters. The molecule has 13 heavy (non-hydrogen) atoms. The molecule has 0 aromatic rings. The van der Waals surface area contributed by atoms with Crippen LogP contribution in [0.4, 0.5) is 0 Å². The summed E-state index contributed by atoms with van der Waals surface area (Å²) in [5.74, 6) is 1.58. The summed E-state index contributed by atoms with van der Waals surface area (Å²) >= 11 is 4.66. The van der Waals surface area contributed by atoms with Crippen LogP contribution in [0.1, 0.15) is 46.5 Å². The maximum atomic E-state index is 4.66. The molecule has 0 spiro atoms. The quantitative estimate of drug-likeness (QED) is 0.513. The highest BCUT2D eigenvalue weighted by Gasteiger charge is 2.27. The molecule has 0 saturated carbocycles. The molecule has 0 aromatic heterocycles.